The van der Waals surface area contributed by atoms with E-state index in [4.69, 9.17) is 5.73 Å². The van der Waals surface area contributed by atoms with E-state index in [-0.39, 0.29) is 6.42 Å². The fourth-order valence-electron chi connectivity index (χ4n) is 3.38. The van der Waals surface area contributed by atoms with Crippen molar-refractivity contribution < 1.29 is 14.4 Å². The van der Waals surface area contributed by atoms with E-state index in [1.807, 2.05) is 12.3 Å². The second-order valence-electron chi connectivity index (χ2n) is 6.95. The Morgan fingerprint density at radius 2 is 1.93 bits per heavy atom. The fraction of sp³-hybridized carbons (Fsp3) is 0.190. The highest BCUT2D eigenvalue weighted by Crippen LogP contribution is 2.21. The van der Waals surface area contributed by atoms with Crippen molar-refractivity contribution in [3.8, 4) is 5.82 Å². The first-order valence-electron chi connectivity index (χ1n) is 9.45. The largest absolute Gasteiger partial charge is 0.363 e. The summed E-state index contributed by atoms with van der Waals surface area (Å²) in [6, 6.07) is 11.5. The predicted molar refractivity (Wildman–Crippen MR) is 107 cm³/mol. The number of carbonyl (C=O) groups is 3. The van der Waals surface area contributed by atoms with Crippen molar-refractivity contribution in [2.45, 2.75) is 25.6 Å². The molecule has 2 amide bonds. The molecule has 0 saturated carbocycles. The van der Waals surface area contributed by atoms with Gasteiger partial charge in [-0.15, -0.1) is 0 Å². The van der Waals surface area contributed by atoms with Gasteiger partial charge in [-0.1, -0.05) is 30.3 Å². The van der Waals surface area contributed by atoms with Crippen LogP contribution in [0.4, 0.5) is 0 Å². The second kappa shape index (κ2) is 8.26. The van der Waals surface area contributed by atoms with Gasteiger partial charge in [0.1, 0.15) is 0 Å². The van der Waals surface area contributed by atoms with Gasteiger partial charge < -0.3 is 16.4 Å². The van der Waals surface area contributed by atoms with E-state index < -0.39 is 23.6 Å². The van der Waals surface area contributed by atoms with Crippen molar-refractivity contribution in [2.75, 3.05) is 0 Å². The highest BCUT2D eigenvalue weighted by molar-refractivity contribution is 6.35. The average Bonchev–Trinajstić information content (AvgIpc) is 3.36. The number of benzene rings is 1. The number of aromatic nitrogens is 3. The monoisotopic (exact) mass is 404 g/mol. The van der Waals surface area contributed by atoms with Crippen LogP contribution in [-0.2, 0) is 22.7 Å². The number of nitrogens with one attached hydrogen (secondary N) is 2. The maximum absolute atomic E-state index is 13.1. The summed E-state index contributed by atoms with van der Waals surface area (Å²) in [6.07, 6.45) is 3.20. The smallest absolute Gasteiger partial charge is 0.284 e. The zero-order chi connectivity index (χ0) is 21.1. The van der Waals surface area contributed by atoms with Crippen LogP contribution < -0.4 is 16.4 Å². The lowest BCUT2D eigenvalue weighted by Gasteiger charge is -2.19. The third-order valence-electron chi connectivity index (χ3n) is 4.91. The summed E-state index contributed by atoms with van der Waals surface area (Å²) in [4.78, 5) is 40.7. The molecule has 0 aliphatic carbocycles. The number of amides is 2. The number of fused-ring (bicyclic) bond motifs is 1. The molecule has 1 aromatic carbocycles. The number of pyridine rings is 1. The number of hydrogen-bond acceptors (Lipinski definition) is 6. The lowest BCUT2D eigenvalue weighted by atomic mass is 10.0. The van der Waals surface area contributed by atoms with Gasteiger partial charge in [0.15, 0.2) is 5.82 Å². The summed E-state index contributed by atoms with van der Waals surface area (Å²) in [5.41, 5.74) is 8.08. The topological polar surface area (TPSA) is 132 Å². The van der Waals surface area contributed by atoms with Gasteiger partial charge >= 0.3 is 0 Å². The number of primary amides is 1. The zero-order valence-corrected chi connectivity index (χ0v) is 16.0. The summed E-state index contributed by atoms with van der Waals surface area (Å²) >= 11 is 0. The average molecular weight is 404 g/mol. The molecule has 2 aromatic heterocycles. The third kappa shape index (κ3) is 3.96. The van der Waals surface area contributed by atoms with Crippen LogP contribution in [0, 0.1) is 0 Å². The SMILES string of the molecule is NC(=O)C(=O)CC(NC(=O)c1cccnc1-n1cc2c(n1)CNC2)c1ccccc1. The highest BCUT2D eigenvalue weighted by Gasteiger charge is 2.24. The minimum atomic E-state index is -1.04. The molecule has 0 saturated heterocycles. The maximum Gasteiger partial charge on any atom is 0.284 e. The highest BCUT2D eigenvalue weighted by atomic mass is 16.2. The molecule has 1 aliphatic rings. The van der Waals surface area contributed by atoms with Crippen LogP contribution in [0.5, 0.6) is 0 Å². The summed E-state index contributed by atoms with van der Waals surface area (Å²) in [7, 11) is 0. The van der Waals surface area contributed by atoms with Gasteiger partial charge in [-0.3, -0.25) is 14.4 Å². The number of ketones is 1. The molecule has 0 fully saturated rings. The Morgan fingerprint density at radius 1 is 1.13 bits per heavy atom. The van der Waals surface area contributed by atoms with E-state index in [2.05, 4.69) is 20.7 Å². The maximum atomic E-state index is 13.1. The Morgan fingerprint density at radius 3 is 2.67 bits per heavy atom. The predicted octanol–water partition coefficient (Wildman–Crippen LogP) is 0.786. The Kier molecular flexibility index (Phi) is 5.36. The van der Waals surface area contributed by atoms with E-state index in [9.17, 15) is 14.4 Å². The minimum Gasteiger partial charge on any atom is -0.363 e. The summed E-state index contributed by atoms with van der Waals surface area (Å²) in [5, 5.41) is 10.6. The van der Waals surface area contributed by atoms with Crippen LogP contribution in [-0.4, -0.2) is 32.4 Å². The molecule has 152 valence electrons. The molecule has 9 heteroatoms. The molecular formula is C21H20N6O3. The van der Waals surface area contributed by atoms with Gasteiger partial charge in [0.05, 0.1) is 17.3 Å². The Balaban J connectivity index is 1.63. The second-order valence-corrected chi connectivity index (χ2v) is 6.95. The van der Waals surface area contributed by atoms with Crippen LogP contribution in [0.15, 0.2) is 54.9 Å². The van der Waals surface area contributed by atoms with Crippen LogP contribution in [0.1, 0.15) is 39.6 Å². The molecule has 30 heavy (non-hydrogen) atoms. The fourth-order valence-corrected chi connectivity index (χ4v) is 3.38. The van der Waals surface area contributed by atoms with E-state index in [1.54, 1.807) is 47.3 Å². The molecule has 0 radical (unpaired) electrons. The number of nitrogens with zero attached hydrogens (tertiary/aromatic N) is 3. The summed E-state index contributed by atoms with van der Waals surface area (Å²) in [5.74, 6) is -1.84. The normalized spacial score (nSPS) is 13.5. The molecule has 0 spiro atoms. The third-order valence-corrected chi connectivity index (χ3v) is 4.91. The van der Waals surface area contributed by atoms with Crippen molar-refractivity contribution in [1.29, 1.82) is 0 Å². The van der Waals surface area contributed by atoms with Gasteiger partial charge in [-0.25, -0.2) is 9.67 Å². The van der Waals surface area contributed by atoms with Gasteiger partial charge in [-0.2, -0.15) is 5.10 Å². The molecule has 4 rings (SSSR count). The minimum absolute atomic E-state index is 0.234. The summed E-state index contributed by atoms with van der Waals surface area (Å²) in [6.45, 7) is 1.39. The van der Waals surface area contributed by atoms with Crippen molar-refractivity contribution in [3.63, 3.8) is 0 Å². The van der Waals surface area contributed by atoms with Crippen LogP contribution >= 0.6 is 0 Å². The van der Waals surface area contributed by atoms with Crippen molar-refractivity contribution in [2.24, 2.45) is 5.73 Å². The Labute approximate surface area is 172 Å². The van der Waals surface area contributed by atoms with Crippen LogP contribution in [0.2, 0.25) is 0 Å². The number of rotatable bonds is 7. The van der Waals surface area contributed by atoms with E-state index in [1.165, 1.54) is 0 Å². The first kappa shape index (κ1) is 19.5. The molecule has 0 bridgehead atoms. The lowest BCUT2D eigenvalue weighted by molar-refractivity contribution is -0.136. The quantitative estimate of drug-likeness (QED) is 0.499. The molecule has 3 aromatic rings. The number of nitrogens with two attached hydrogens (primary N) is 1. The molecule has 4 N–H and O–H groups in total. The number of hydrogen-bond donors (Lipinski definition) is 3. The molecular weight excluding hydrogens is 384 g/mol. The van der Waals surface area contributed by atoms with Gasteiger partial charge in [0.2, 0.25) is 5.78 Å². The Bertz CT molecular complexity index is 1090. The van der Waals surface area contributed by atoms with Gasteiger partial charge in [0.25, 0.3) is 11.8 Å². The van der Waals surface area contributed by atoms with E-state index >= 15 is 0 Å². The molecule has 9 nitrogen and oxygen atoms in total. The zero-order valence-electron chi connectivity index (χ0n) is 16.0. The number of Topliss-reactive ketones (excluding diaryl/α,β-unsaturated/α-hetero) is 1. The molecule has 3 heterocycles. The number of carbonyl (C=O) groups excluding carboxylic acids is 3. The van der Waals surface area contributed by atoms with E-state index in [0.717, 1.165) is 17.8 Å². The summed E-state index contributed by atoms with van der Waals surface area (Å²) < 4.78 is 1.59. The molecule has 1 aliphatic heterocycles. The molecule has 1 unspecified atom stereocenters. The first-order valence-corrected chi connectivity index (χ1v) is 9.45. The van der Waals surface area contributed by atoms with Crippen molar-refractivity contribution >= 4 is 17.6 Å². The molecule has 1 atom stereocenters. The van der Waals surface area contributed by atoms with Crippen LogP contribution in [0.25, 0.3) is 5.82 Å². The Hall–Kier alpha value is -3.85. The van der Waals surface area contributed by atoms with Crippen molar-refractivity contribution in [1.82, 2.24) is 25.4 Å². The van der Waals surface area contributed by atoms with Gasteiger partial charge in [-0.05, 0) is 17.7 Å². The standard InChI is InChI=1S/C21H20N6O3/c22-19(29)18(28)9-16(13-5-2-1-3-6-13)25-21(30)15-7-4-8-24-20(15)27-12-14-10-23-11-17(14)26-27/h1-8,12,16,23H,9-11H2,(H2,22,29)(H,25,30). The lowest BCUT2D eigenvalue weighted by Crippen LogP contribution is -2.34. The first-order chi connectivity index (χ1) is 14.5. The van der Waals surface area contributed by atoms with Crippen molar-refractivity contribution in [3.05, 3.63) is 77.2 Å². The van der Waals surface area contributed by atoms with E-state index in [0.29, 0.717) is 23.5 Å². The van der Waals surface area contributed by atoms with Gasteiger partial charge in [0, 0.05) is 37.5 Å². The van der Waals surface area contributed by atoms with Crippen LogP contribution in [0.3, 0.4) is 0 Å².